The van der Waals surface area contributed by atoms with E-state index in [9.17, 15) is 10.1 Å². The van der Waals surface area contributed by atoms with Gasteiger partial charge in [-0.05, 0) is 60.6 Å². The number of aryl methyl sites for hydroxylation is 2. The largest absolute Gasteiger partial charge is 0.378 e. The average Bonchev–Trinajstić information content (AvgIpc) is 3.03. The fraction of sp³-hybridized carbons (Fsp3) is 0.300. The Kier molecular flexibility index (Phi) is 3.80. The summed E-state index contributed by atoms with van der Waals surface area (Å²) in [6.45, 7) is 4.25. The predicted molar refractivity (Wildman–Crippen MR) is 100 cm³/mol. The number of nitrogens with zero attached hydrogens (tertiary/aromatic N) is 1. The van der Waals surface area contributed by atoms with Gasteiger partial charge in [0, 0.05) is 17.7 Å². The molecule has 4 rings (SSSR count). The van der Waals surface area contributed by atoms with Crippen LogP contribution in [0.4, 0.5) is 11.4 Å². The van der Waals surface area contributed by atoms with Gasteiger partial charge in [-0.15, -0.1) is 0 Å². The molecule has 25 heavy (non-hydrogen) atoms. The molecule has 1 N–H and O–H groups in total. The summed E-state index contributed by atoms with van der Waals surface area (Å²) in [5, 5.41) is 15.1. The van der Waals surface area contributed by atoms with Crippen molar-refractivity contribution in [2.24, 2.45) is 5.92 Å². The molecule has 0 bridgehead atoms. The molecular formula is C20H19ClN2O2. The van der Waals surface area contributed by atoms with E-state index in [1.54, 1.807) is 12.1 Å². The summed E-state index contributed by atoms with van der Waals surface area (Å²) in [6, 6.07) is 9.56. The van der Waals surface area contributed by atoms with Crippen molar-refractivity contribution in [3.8, 4) is 0 Å². The number of fused-ring (bicyclic) bond motifs is 3. The summed E-state index contributed by atoms with van der Waals surface area (Å²) in [7, 11) is 0. The fourth-order valence-corrected chi connectivity index (χ4v) is 4.52. The predicted octanol–water partition coefficient (Wildman–Crippen LogP) is 5.69. The van der Waals surface area contributed by atoms with Gasteiger partial charge in [0.05, 0.1) is 11.0 Å². The highest BCUT2D eigenvalue weighted by molar-refractivity contribution is 6.32. The summed E-state index contributed by atoms with van der Waals surface area (Å²) in [5.41, 5.74) is 5.88. The third-order valence-corrected chi connectivity index (χ3v) is 5.66. The van der Waals surface area contributed by atoms with Crippen molar-refractivity contribution in [2.45, 2.75) is 32.2 Å². The molecule has 0 spiro atoms. The smallest absolute Gasteiger partial charge is 0.288 e. The molecule has 2 aromatic carbocycles. The number of anilines is 1. The highest BCUT2D eigenvalue weighted by atomic mass is 35.5. The number of hydrogen-bond acceptors (Lipinski definition) is 3. The average molecular weight is 355 g/mol. The molecule has 0 unspecified atom stereocenters. The highest BCUT2D eigenvalue weighted by Crippen LogP contribution is 2.51. The van der Waals surface area contributed by atoms with E-state index in [4.69, 9.17) is 11.6 Å². The van der Waals surface area contributed by atoms with Gasteiger partial charge in [-0.3, -0.25) is 10.1 Å². The molecular weight excluding hydrogens is 336 g/mol. The number of nitro groups is 1. The molecule has 0 amide bonds. The molecule has 0 saturated carbocycles. The van der Waals surface area contributed by atoms with Gasteiger partial charge in [0.15, 0.2) is 0 Å². The van der Waals surface area contributed by atoms with E-state index >= 15 is 0 Å². The van der Waals surface area contributed by atoms with Crippen molar-refractivity contribution in [3.05, 3.63) is 79.9 Å². The Morgan fingerprint density at radius 2 is 2.04 bits per heavy atom. The van der Waals surface area contributed by atoms with Gasteiger partial charge >= 0.3 is 0 Å². The number of nitrogens with one attached hydrogen (secondary N) is 1. The highest BCUT2D eigenvalue weighted by Gasteiger charge is 2.39. The molecule has 2 aliphatic rings. The standard InChI is InChI=1S/C20H19ClN2O2/c1-11-8-12(2)19-14-4-3-5-15(14)20(22-17(19)9-11)13-6-7-16(21)18(10-13)23(24)25/h3-4,6-10,14-15,20,22H,5H2,1-2H3/t14-,15-,20+/m0/s1. The zero-order valence-corrected chi connectivity index (χ0v) is 14.9. The van der Waals surface area contributed by atoms with Crippen LogP contribution < -0.4 is 5.32 Å². The fourth-order valence-electron chi connectivity index (χ4n) is 4.33. The molecule has 1 aliphatic carbocycles. The molecule has 1 heterocycles. The molecule has 0 radical (unpaired) electrons. The van der Waals surface area contributed by atoms with Crippen molar-refractivity contribution in [1.29, 1.82) is 0 Å². The van der Waals surface area contributed by atoms with Gasteiger partial charge < -0.3 is 5.32 Å². The van der Waals surface area contributed by atoms with Gasteiger partial charge in [-0.2, -0.15) is 0 Å². The lowest BCUT2D eigenvalue weighted by atomic mass is 9.75. The molecule has 2 aromatic rings. The summed E-state index contributed by atoms with van der Waals surface area (Å²) >= 11 is 5.99. The molecule has 1 aliphatic heterocycles. The van der Waals surface area contributed by atoms with E-state index in [0.29, 0.717) is 11.8 Å². The van der Waals surface area contributed by atoms with E-state index in [0.717, 1.165) is 17.7 Å². The number of benzene rings is 2. The van der Waals surface area contributed by atoms with Crippen LogP contribution in [0, 0.1) is 29.9 Å². The maximum Gasteiger partial charge on any atom is 0.288 e. The van der Waals surface area contributed by atoms with Crippen LogP contribution >= 0.6 is 11.6 Å². The van der Waals surface area contributed by atoms with E-state index in [-0.39, 0.29) is 16.8 Å². The third kappa shape index (κ3) is 2.61. The Morgan fingerprint density at radius 1 is 1.24 bits per heavy atom. The number of rotatable bonds is 2. The second-order valence-electron chi connectivity index (χ2n) is 6.99. The quantitative estimate of drug-likeness (QED) is 0.428. The maximum absolute atomic E-state index is 11.3. The minimum absolute atomic E-state index is 0.0321. The molecule has 0 saturated heterocycles. The summed E-state index contributed by atoms with van der Waals surface area (Å²) in [6.07, 6.45) is 5.47. The summed E-state index contributed by atoms with van der Waals surface area (Å²) in [5.74, 6) is 0.700. The second-order valence-corrected chi connectivity index (χ2v) is 7.39. The van der Waals surface area contributed by atoms with Gasteiger partial charge in [0.25, 0.3) is 5.69 Å². The molecule has 0 fully saturated rings. The maximum atomic E-state index is 11.3. The molecule has 4 nitrogen and oxygen atoms in total. The Hall–Kier alpha value is -2.33. The lowest BCUT2D eigenvalue weighted by Crippen LogP contribution is -2.29. The van der Waals surface area contributed by atoms with Crippen LogP contribution in [0.25, 0.3) is 0 Å². The van der Waals surface area contributed by atoms with E-state index in [1.807, 2.05) is 6.07 Å². The summed E-state index contributed by atoms with van der Waals surface area (Å²) < 4.78 is 0. The number of allylic oxidation sites excluding steroid dienone is 2. The third-order valence-electron chi connectivity index (χ3n) is 5.34. The normalized spacial score (nSPS) is 23.7. The molecule has 0 aromatic heterocycles. The zero-order chi connectivity index (χ0) is 17.7. The minimum atomic E-state index is -0.415. The van der Waals surface area contributed by atoms with Crippen molar-refractivity contribution >= 4 is 23.0 Å². The second kappa shape index (κ2) is 5.88. The Labute approximate surface area is 151 Å². The first-order valence-electron chi connectivity index (χ1n) is 8.44. The van der Waals surface area contributed by atoms with Crippen LogP contribution in [0.1, 0.15) is 40.6 Å². The van der Waals surface area contributed by atoms with Crippen LogP contribution in [-0.2, 0) is 0 Å². The first-order valence-corrected chi connectivity index (χ1v) is 8.81. The van der Waals surface area contributed by atoms with Crippen LogP contribution in [0.2, 0.25) is 5.02 Å². The molecule has 3 atom stereocenters. The molecule has 5 heteroatoms. The van der Waals surface area contributed by atoms with Gasteiger partial charge in [-0.25, -0.2) is 0 Å². The van der Waals surface area contributed by atoms with Crippen LogP contribution in [0.5, 0.6) is 0 Å². The SMILES string of the molecule is Cc1cc(C)c2c(c1)N[C@H](c1ccc(Cl)c([N+](=O)[O-])c1)[C@H]1CC=C[C@H]21. The lowest BCUT2D eigenvalue weighted by molar-refractivity contribution is -0.384. The van der Waals surface area contributed by atoms with Crippen LogP contribution in [0.3, 0.4) is 0 Å². The minimum Gasteiger partial charge on any atom is -0.378 e. The number of nitro benzene ring substituents is 1. The first-order chi connectivity index (χ1) is 12.0. The van der Waals surface area contributed by atoms with Crippen molar-refractivity contribution in [3.63, 3.8) is 0 Å². The van der Waals surface area contributed by atoms with Crippen molar-refractivity contribution in [2.75, 3.05) is 5.32 Å². The lowest BCUT2D eigenvalue weighted by Gasteiger charge is -2.38. The van der Waals surface area contributed by atoms with E-state index in [2.05, 4.69) is 43.4 Å². The summed E-state index contributed by atoms with van der Waals surface area (Å²) in [4.78, 5) is 10.8. The van der Waals surface area contributed by atoms with Gasteiger partial charge in [0.1, 0.15) is 5.02 Å². The van der Waals surface area contributed by atoms with Gasteiger partial charge in [-0.1, -0.05) is 35.9 Å². The molecule has 128 valence electrons. The monoisotopic (exact) mass is 354 g/mol. The van der Waals surface area contributed by atoms with Crippen LogP contribution in [-0.4, -0.2) is 4.92 Å². The Bertz CT molecular complexity index is 907. The Morgan fingerprint density at radius 3 is 2.80 bits per heavy atom. The number of halogens is 1. The zero-order valence-electron chi connectivity index (χ0n) is 14.1. The van der Waals surface area contributed by atoms with Crippen molar-refractivity contribution in [1.82, 2.24) is 0 Å². The van der Waals surface area contributed by atoms with E-state index < -0.39 is 4.92 Å². The first kappa shape index (κ1) is 16.2. The number of hydrogen-bond donors (Lipinski definition) is 1. The van der Waals surface area contributed by atoms with E-state index in [1.165, 1.54) is 16.7 Å². The van der Waals surface area contributed by atoms with Gasteiger partial charge in [0.2, 0.25) is 0 Å². The van der Waals surface area contributed by atoms with Crippen LogP contribution in [0.15, 0.2) is 42.5 Å². The Balaban J connectivity index is 1.82. The van der Waals surface area contributed by atoms with Crippen molar-refractivity contribution < 1.29 is 4.92 Å². The topological polar surface area (TPSA) is 55.2 Å².